The van der Waals surface area contributed by atoms with Crippen LogP contribution < -0.4 is 0 Å². The lowest BCUT2D eigenvalue weighted by Crippen LogP contribution is -2.37. The third kappa shape index (κ3) is 1.18. The number of aromatic amines is 1. The molecular formula is C11H13N2P. The average molecular weight is 204 g/mol. The summed E-state index contributed by atoms with van der Waals surface area (Å²) in [4.78, 5) is 3.33. The lowest BCUT2D eigenvalue weighted by Gasteiger charge is -2.35. The van der Waals surface area contributed by atoms with Crippen molar-refractivity contribution in [2.75, 3.05) is 13.1 Å². The third-order valence-electron chi connectivity index (χ3n) is 2.97. The molecule has 2 heterocycles. The second-order valence-electron chi connectivity index (χ2n) is 3.94. The molecule has 1 aromatic carbocycles. The lowest BCUT2D eigenvalue weighted by molar-refractivity contribution is 0.291. The number of H-pyrrole nitrogens is 1. The molecule has 0 aliphatic carbocycles. The maximum Gasteiger partial charge on any atom is 0.0456 e. The fourth-order valence-corrected chi connectivity index (χ4v) is 2.65. The van der Waals surface area contributed by atoms with Crippen molar-refractivity contribution in [2.45, 2.75) is 5.92 Å². The Morgan fingerprint density at radius 3 is 2.86 bits per heavy atom. The summed E-state index contributed by atoms with van der Waals surface area (Å²) in [6, 6.07) is 8.52. The first-order valence-electron chi connectivity index (χ1n) is 4.90. The molecule has 3 rings (SSSR count). The maximum absolute atomic E-state index is 3.33. The van der Waals surface area contributed by atoms with Crippen LogP contribution in [0.5, 0.6) is 0 Å². The summed E-state index contributed by atoms with van der Waals surface area (Å²) in [5.41, 5.74) is 2.73. The van der Waals surface area contributed by atoms with Gasteiger partial charge < -0.3 is 4.98 Å². The van der Waals surface area contributed by atoms with E-state index in [0.29, 0.717) is 5.92 Å². The van der Waals surface area contributed by atoms with Crippen molar-refractivity contribution >= 4 is 20.3 Å². The minimum atomic E-state index is 0.712. The zero-order valence-electron chi connectivity index (χ0n) is 7.90. The van der Waals surface area contributed by atoms with Gasteiger partial charge in [-0.05, 0) is 11.6 Å². The number of para-hydroxylation sites is 1. The minimum absolute atomic E-state index is 0.712. The zero-order chi connectivity index (χ0) is 9.54. The Labute approximate surface area is 85.6 Å². The van der Waals surface area contributed by atoms with E-state index in [1.807, 2.05) is 0 Å². The monoisotopic (exact) mass is 204 g/mol. The van der Waals surface area contributed by atoms with Crippen LogP contribution in [0.15, 0.2) is 30.5 Å². The molecule has 0 bridgehead atoms. The highest BCUT2D eigenvalue weighted by molar-refractivity contribution is 7.13. The second kappa shape index (κ2) is 3.08. The molecular weight excluding hydrogens is 191 g/mol. The van der Waals surface area contributed by atoms with E-state index in [4.69, 9.17) is 0 Å². The fraction of sp³-hybridized carbons (Fsp3) is 0.273. The van der Waals surface area contributed by atoms with Crippen LogP contribution in [-0.2, 0) is 0 Å². The molecule has 2 nitrogen and oxygen atoms in total. The molecule has 3 heteroatoms. The second-order valence-corrected chi connectivity index (χ2v) is 4.67. The number of benzene rings is 1. The molecule has 1 N–H and O–H groups in total. The Hall–Kier alpha value is -0.850. The number of hydrogen-bond donors (Lipinski definition) is 1. The van der Waals surface area contributed by atoms with Crippen LogP contribution in [0, 0.1) is 0 Å². The molecule has 1 aliphatic rings. The number of aromatic nitrogens is 1. The fourth-order valence-electron chi connectivity index (χ4n) is 2.14. The van der Waals surface area contributed by atoms with Gasteiger partial charge in [-0.3, -0.25) is 4.67 Å². The molecule has 0 saturated carbocycles. The van der Waals surface area contributed by atoms with Crippen LogP contribution >= 0.6 is 9.39 Å². The predicted molar refractivity (Wildman–Crippen MR) is 62.3 cm³/mol. The first-order chi connectivity index (χ1) is 6.84. The van der Waals surface area contributed by atoms with Gasteiger partial charge in [-0.15, -0.1) is 0 Å². The molecule has 1 unspecified atom stereocenters. The zero-order valence-corrected chi connectivity index (χ0v) is 9.06. The van der Waals surface area contributed by atoms with E-state index in [-0.39, 0.29) is 0 Å². The first-order valence-corrected chi connectivity index (χ1v) is 5.42. The number of nitrogens with zero attached hydrogens (tertiary/aromatic N) is 1. The van der Waals surface area contributed by atoms with Gasteiger partial charge >= 0.3 is 0 Å². The summed E-state index contributed by atoms with van der Waals surface area (Å²) in [5, 5.41) is 1.38. The number of fused-ring (bicyclic) bond motifs is 1. The van der Waals surface area contributed by atoms with Gasteiger partial charge in [0.1, 0.15) is 0 Å². The molecule has 1 fully saturated rings. The maximum atomic E-state index is 3.33. The van der Waals surface area contributed by atoms with Crippen LogP contribution in [0.2, 0.25) is 0 Å². The largest absolute Gasteiger partial charge is 0.361 e. The first kappa shape index (κ1) is 8.46. The number of hydrogen-bond acceptors (Lipinski definition) is 1. The van der Waals surface area contributed by atoms with Crippen molar-refractivity contribution in [3.8, 4) is 0 Å². The molecule has 1 atom stereocenters. The number of rotatable bonds is 1. The van der Waals surface area contributed by atoms with Crippen molar-refractivity contribution < 1.29 is 0 Å². The van der Waals surface area contributed by atoms with Gasteiger partial charge in [-0.2, -0.15) is 0 Å². The quantitative estimate of drug-likeness (QED) is 0.706. The van der Waals surface area contributed by atoms with Gasteiger partial charge in [0, 0.05) is 36.1 Å². The highest BCUT2D eigenvalue weighted by atomic mass is 31.0. The van der Waals surface area contributed by atoms with E-state index in [0.717, 1.165) is 13.1 Å². The van der Waals surface area contributed by atoms with E-state index in [2.05, 4.69) is 49.5 Å². The van der Waals surface area contributed by atoms with Gasteiger partial charge in [0.2, 0.25) is 0 Å². The van der Waals surface area contributed by atoms with Crippen LogP contribution in [0.3, 0.4) is 0 Å². The van der Waals surface area contributed by atoms with Gasteiger partial charge in [0.05, 0.1) is 0 Å². The van der Waals surface area contributed by atoms with Gasteiger partial charge in [-0.25, -0.2) is 0 Å². The van der Waals surface area contributed by atoms with Crippen molar-refractivity contribution in [1.29, 1.82) is 0 Å². The highest BCUT2D eigenvalue weighted by Crippen LogP contribution is 2.33. The molecule has 2 aromatic rings. The van der Waals surface area contributed by atoms with Crippen molar-refractivity contribution in [1.82, 2.24) is 9.65 Å². The summed E-state index contributed by atoms with van der Waals surface area (Å²) >= 11 is 0. The van der Waals surface area contributed by atoms with Crippen molar-refractivity contribution in [2.24, 2.45) is 0 Å². The molecule has 1 aromatic heterocycles. The Bertz CT molecular complexity index is 457. The summed E-state index contributed by atoms with van der Waals surface area (Å²) in [7, 11) is 2.75. The number of nitrogens with one attached hydrogen (secondary N) is 1. The smallest absolute Gasteiger partial charge is 0.0456 e. The molecule has 1 saturated heterocycles. The molecule has 0 radical (unpaired) electrons. The van der Waals surface area contributed by atoms with E-state index in [1.54, 1.807) is 0 Å². The molecule has 14 heavy (non-hydrogen) atoms. The van der Waals surface area contributed by atoms with Crippen LogP contribution in [0.4, 0.5) is 0 Å². The highest BCUT2D eigenvalue weighted by Gasteiger charge is 2.26. The van der Waals surface area contributed by atoms with E-state index in [1.165, 1.54) is 16.5 Å². The average Bonchev–Trinajstić information content (AvgIpc) is 2.56. The van der Waals surface area contributed by atoms with Crippen molar-refractivity contribution in [3.63, 3.8) is 0 Å². The Morgan fingerprint density at radius 1 is 1.29 bits per heavy atom. The summed E-state index contributed by atoms with van der Waals surface area (Å²) < 4.78 is 2.27. The summed E-state index contributed by atoms with van der Waals surface area (Å²) in [6.07, 6.45) is 2.16. The van der Waals surface area contributed by atoms with Crippen molar-refractivity contribution in [3.05, 3.63) is 36.0 Å². The molecule has 0 spiro atoms. The predicted octanol–water partition coefficient (Wildman–Crippen LogP) is 2.36. The molecule has 1 aliphatic heterocycles. The van der Waals surface area contributed by atoms with E-state index in [9.17, 15) is 0 Å². The molecule has 72 valence electrons. The van der Waals surface area contributed by atoms with Gasteiger partial charge in [0.15, 0.2) is 0 Å². The minimum Gasteiger partial charge on any atom is -0.361 e. The van der Waals surface area contributed by atoms with Crippen LogP contribution in [0.1, 0.15) is 11.5 Å². The van der Waals surface area contributed by atoms with Crippen LogP contribution in [0.25, 0.3) is 10.9 Å². The topological polar surface area (TPSA) is 19.0 Å². The third-order valence-corrected chi connectivity index (χ3v) is 3.39. The van der Waals surface area contributed by atoms with Gasteiger partial charge in [-0.1, -0.05) is 27.6 Å². The molecule has 0 amide bonds. The normalized spacial score (nSPS) is 18.6. The van der Waals surface area contributed by atoms with Gasteiger partial charge in [0.25, 0.3) is 0 Å². The Morgan fingerprint density at radius 2 is 2.07 bits per heavy atom. The van der Waals surface area contributed by atoms with Crippen LogP contribution in [-0.4, -0.2) is 22.7 Å². The standard InChI is InChI=1S/C11H13N2P/c14-13-6-8(7-13)10-5-12-11-4-2-1-3-9(10)11/h1-5,8,12H,6-7,14H2. The lowest BCUT2D eigenvalue weighted by atomic mass is 9.93. The Balaban J connectivity index is 2.05. The van der Waals surface area contributed by atoms with E-state index < -0.39 is 0 Å². The Kier molecular flexibility index (Phi) is 1.86. The summed E-state index contributed by atoms with van der Waals surface area (Å²) in [6.45, 7) is 2.32. The van der Waals surface area contributed by atoms with E-state index >= 15 is 0 Å². The summed E-state index contributed by atoms with van der Waals surface area (Å²) in [5.74, 6) is 0.712. The SMILES string of the molecule is PN1CC(c2c[nH]c3ccccc23)C1.